The second-order valence-corrected chi connectivity index (χ2v) is 8.01. The minimum Gasteiger partial charge on any atom is -0.550 e. The number of hydrogen-bond donors (Lipinski definition) is 2. The van der Waals surface area contributed by atoms with Gasteiger partial charge in [-0.05, 0) is 48.4 Å². The summed E-state index contributed by atoms with van der Waals surface area (Å²) in [6.45, 7) is 2.50. The van der Waals surface area contributed by atoms with E-state index in [2.05, 4.69) is 10.3 Å². The molecule has 1 aromatic heterocycles. The van der Waals surface area contributed by atoms with Crippen LogP contribution in [-0.2, 0) is 16.1 Å². The van der Waals surface area contributed by atoms with Crippen molar-refractivity contribution in [2.75, 3.05) is 19.8 Å². The van der Waals surface area contributed by atoms with Crippen LogP contribution >= 0.6 is 11.6 Å². The number of aliphatic carboxylic acids is 1. The molecule has 0 saturated heterocycles. The Morgan fingerprint density at radius 3 is 2.50 bits per heavy atom. The summed E-state index contributed by atoms with van der Waals surface area (Å²) >= 11 is 6.39. The van der Waals surface area contributed by atoms with E-state index in [4.69, 9.17) is 26.2 Å². The molecule has 1 heterocycles. The van der Waals surface area contributed by atoms with E-state index in [0.717, 1.165) is 22.3 Å². The van der Waals surface area contributed by atoms with Crippen molar-refractivity contribution in [1.82, 2.24) is 10.3 Å². The first-order valence-electron chi connectivity index (χ1n) is 11.1. The van der Waals surface area contributed by atoms with Crippen molar-refractivity contribution < 1.29 is 58.8 Å². The van der Waals surface area contributed by atoms with Gasteiger partial charge in [-0.25, -0.2) is 0 Å². The molecule has 3 rings (SSSR count). The second kappa shape index (κ2) is 14.9. The van der Waals surface area contributed by atoms with Crippen LogP contribution in [0.2, 0.25) is 5.02 Å². The van der Waals surface area contributed by atoms with Crippen LogP contribution in [0.1, 0.15) is 41.1 Å². The summed E-state index contributed by atoms with van der Waals surface area (Å²) in [6.07, 6.45) is 0.781. The minimum absolute atomic E-state index is 0. The third-order valence-electron chi connectivity index (χ3n) is 5.11. The number of aliphatic hydroxyl groups excluding tert-OH is 1. The zero-order valence-corrected chi connectivity index (χ0v) is 23.0. The number of carboxylic acids is 1. The topological polar surface area (TPSA) is 121 Å². The largest absolute Gasteiger partial charge is 1.00 e. The van der Waals surface area contributed by atoms with Crippen molar-refractivity contribution in [2.24, 2.45) is 0 Å². The van der Waals surface area contributed by atoms with E-state index in [1.54, 1.807) is 55.6 Å². The molecular weight excluding hydrogens is 495 g/mol. The van der Waals surface area contributed by atoms with E-state index in [-0.39, 0.29) is 67.3 Å². The summed E-state index contributed by atoms with van der Waals surface area (Å²) in [6, 6.07) is 15.9. The Hall–Kier alpha value is -2.46. The molecule has 10 heteroatoms. The van der Waals surface area contributed by atoms with Crippen LogP contribution < -0.4 is 44.7 Å². The molecule has 36 heavy (non-hydrogen) atoms. The standard InChI is InChI=1S/C26H27ClN2O6.Na/c1-2-34-24(14-25(31)32)18-4-7-20(8-5-18)35-16-17-3-9-22(27)21(13-17)19-6-10-23(29-15-19)26(33)28-11-12-30;/h3-10,13,15,24,30H,2,11-12,14,16H2,1H3,(H,28,33)(H,31,32);/q;+1/p-1/t24-;/m0./s1. The molecule has 2 aromatic carbocycles. The third-order valence-corrected chi connectivity index (χ3v) is 5.44. The molecule has 0 bridgehead atoms. The van der Waals surface area contributed by atoms with Gasteiger partial charge in [0.2, 0.25) is 0 Å². The van der Waals surface area contributed by atoms with Crippen molar-refractivity contribution in [1.29, 1.82) is 0 Å². The van der Waals surface area contributed by atoms with Crippen LogP contribution in [-0.4, -0.2) is 41.7 Å². The molecule has 1 atom stereocenters. The zero-order chi connectivity index (χ0) is 25.2. The molecule has 0 fully saturated rings. The number of aliphatic hydroxyl groups is 1. The second-order valence-electron chi connectivity index (χ2n) is 7.60. The normalized spacial score (nSPS) is 11.3. The average Bonchev–Trinajstić information content (AvgIpc) is 2.86. The smallest absolute Gasteiger partial charge is 0.550 e. The van der Waals surface area contributed by atoms with Gasteiger partial charge in [0.05, 0.1) is 12.7 Å². The fraction of sp³-hybridized carbons (Fsp3) is 0.269. The number of halogens is 1. The Bertz CT molecular complexity index is 1140. The number of carboxylic acid groups (broad SMARTS) is 1. The number of aromatic nitrogens is 1. The van der Waals surface area contributed by atoms with Gasteiger partial charge < -0.3 is 29.8 Å². The van der Waals surface area contributed by atoms with E-state index in [1.165, 1.54) is 0 Å². The first kappa shape index (κ1) is 29.8. The summed E-state index contributed by atoms with van der Waals surface area (Å²) < 4.78 is 11.4. The molecule has 0 spiro atoms. The van der Waals surface area contributed by atoms with Gasteiger partial charge in [0.25, 0.3) is 5.91 Å². The maximum Gasteiger partial charge on any atom is 1.00 e. The van der Waals surface area contributed by atoms with Gasteiger partial charge in [0.15, 0.2) is 0 Å². The number of nitrogens with one attached hydrogen (secondary N) is 1. The number of carbonyl (C=O) groups is 2. The van der Waals surface area contributed by atoms with Crippen LogP contribution in [0, 0.1) is 0 Å². The van der Waals surface area contributed by atoms with Gasteiger partial charge in [0.1, 0.15) is 18.1 Å². The van der Waals surface area contributed by atoms with Gasteiger partial charge in [-0.2, -0.15) is 0 Å². The SMILES string of the molecule is CCO[C@@H](CC(=O)[O-])c1ccc(OCc2ccc(Cl)c(-c3ccc(C(=O)NCCO)nc3)c2)cc1.[Na+]. The Morgan fingerprint density at radius 2 is 1.89 bits per heavy atom. The van der Waals surface area contributed by atoms with E-state index >= 15 is 0 Å². The molecule has 1 amide bonds. The van der Waals surface area contributed by atoms with E-state index in [9.17, 15) is 14.7 Å². The first-order valence-corrected chi connectivity index (χ1v) is 11.5. The molecule has 0 unspecified atom stereocenters. The monoisotopic (exact) mass is 520 g/mol. The zero-order valence-electron chi connectivity index (χ0n) is 20.2. The maximum atomic E-state index is 12.0. The van der Waals surface area contributed by atoms with Crippen molar-refractivity contribution in [3.8, 4) is 16.9 Å². The maximum absolute atomic E-state index is 12.0. The number of carbonyl (C=O) groups excluding carboxylic acids is 2. The fourth-order valence-corrected chi connectivity index (χ4v) is 3.63. The molecule has 184 valence electrons. The van der Waals surface area contributed by atoms with Crippen LogP contribution in [0.15, 0.2) is 60.8 Å². The van der Waals surface area contributed by atoms with Gasteiger partial charge >= 0.3 is 29.6 Å². The van der Waals surface area contributed by atoms with Gasteiger partial charge in [-0.1, -0.05) is 35.9 Å². The fourth-order valence-electron chi connectivity index (χ4n) is 3.40. The summed E-state index contributed by atoms with van der Waals surface area (Å²) in [4.78, 5) is 27.1. The molecular formula is C26H26ClN2NaO6. The van der Waals surface area contributed by atoms with E-state index in [0.29, 0.717) is 17.4 Å². The summed E-state index contributed by atoms with van der Waals surface area (Å²) in [5, 5.41) is 22.9. The molecule has 0 aliphatic carbocycles. The summed E-state index contributed by atoms with van der Waals surface area (Å²) in [7, 11) is 0. The average molecular weight is 521 g/mol. The number of nitrogens with zero attached hydrogens (tertiary/aromatic N) is 1. The molecule has 0 aliphatic rings. The number of benzene rings is 2. The van der Waals surface area contributed by atoms with Crippen molar-refractivity contribution in [3.63, 3.8) is 0 Å². The van der Waals surface area contributed by atoms with Gasteiger partial charge in [-0.3, -0.25) is 9.78 Å². The predicted molar refractivity (Wildman–Crippen MR) is 129 cm³/mol. The van der Waals surface area contributed by atoms with Crippen molar-refractivity contribution in [3.05, 3.63) is 82.6 Å². The number of ether oxygens (including phenoxy) is 2. The van der Waals surface area contributed by atoms with Crippen molar-refractivity contribution in [2.45, 2.75) is 26.1 Å². The molecule has 0 radical (unpaired) electrons. The molecule has 2 N–H and O–H groups in total. The first-order chi connectivity index (χ1) is 16.9. The Labute approximate surface area is 236 Å². The molecule has 3 aromatic rings. The predicted octanol–water partition coefficient (Wildman–Crippen LogP) is -0.0753. The van der Waals surface area contributed by atoms with Crippen LogP contribution in [0.4, 0.5) is 0 Å². The van der Waals surface area contributed by atoms with Crippen molar-refractivity contribution >= 4 is 23.5 Å². The number of hydrogen-bond acceptors (Lipinski definition) is 7. The summed E-state index contributed by atoms with van der Waals surface area (Å²) in [5.41, 5.74) is 3.35. The molecule has 8 nitrogen and oxygen atoms in total. The Balaban J connectivity index is 0.00000456. The van der Waals surface area contributed by atoms with Crippen LogP contribution in [0.5, 0.6) is 5.75 Å². The van der Waals surface area contributed by atoms with Gasteiger partial charge in [-0.15, -0.1) is 0 Å². The van der Waals surface area contributed by atoms with E-state index in [1.807, 2.05) is 12.1 Å². The Kier molecular flexibility index (Phi) is 12.4. The van der Waals surface area contributed by atoms with E-state index < -0.39 is 12.1 Å². The van der Waals surface area contributed by atoms with Crippen LogP contribution in [0.25, 0.3) is 11.1 Å². The Morgan fingerprint density at radius 1 is 1.14 bits per heavy atom. The quantitative estimate of drug-likeness (QED) is 0.321. The van der Waals surface area contributed by atoms with Gasteiger partial charge in [0, 0.05) is 47.9 Å². The number of pyridine rings is 1. The number of amides is 1. The minimum atomic E-state index is -1.17. The molecule has 0 saturated carbocycles. The molecule has 0 aliphatic heterocycles. The third kappa shape index (κ3) is 8.58. The van der Waals surface area contributed by atoms with Crippen LogP contribution in [0.3, 0.4) is 0 Å². The number of rotatable bonds is 12. The summed E-state index contributed by atoms with van der Waals surface area (Å²) in [5.74, 6) is -0.914.